The molecule has 5 heteroatoms. The number of benzene rings is 1. The lowest BCUT2D eigenvalue weighted by atomic mass is 10.1. The predicted molar refractivity (Wildman–Crippen MR) is 46.0 cm³/mol. The molecule has 0 aliphatic heterocycles. The zero-order valence-electron chi connectivity index (χ0n) is 7.17. The first-order chi connectivity index (χ1) is 6.39. The number of hydrogen-bond acceptors (Lipinski definition) is 1. The van der Waals surface area contributed by atoms with Crippen LogP contribution in [0.2, 0.25) is 0 Å². The zero-order chi connectivity index (χ0) is 10.8. The van der Waals surface area contributed by atoms with Crippen molar-refractivity contribution in [3.63, 3.8) is 0 Å². The lowest BCUT2D eigenvalue weighted by Crippen LogP contribution is -2.26. The molecule has 0 spiro atoms. The maximum absolute atomic E-state index is 12.0. The third-order valence-corrected chi connectivity index (χ3v) is 1.77. The predicted octanol–water partition coefficient (Wildman–Crippen LogP) is 2.92. The summed E-state index contributed by atoms with van der Waals surface area (Å²) in [5.74, 6) is 0.00212. The molecule has 1 atom stereocenters. The molecular weight excluding hydrogens is 195 g/mol. The fourth-order valence-corrected chi connectivity index (χ4v) is 0.983. The third-order valence-electron chi connectivity index (χ3n) is 1.77. The van der Waals surface area contributed by atoms with E-state index in [1.54, 1.807) is 0 Å². The van der Waals surface area contributed by atoms with Gasteiger partial charge in [0.25, 0.3) is 0 Å². The summed E-state index contributed by atoms with van der Waals surface area (Å²) in [7, 11) is 0. The van der Waals surface area contributed by atoms with E-state index in [9.17, 15) is 13.2 Å². The highest BCUT2D eigenvalue weighted by molar-refractivity contribution is 5.26. The number of alkyl halides is 3. The van der Waals surface area contributed by atoms with Crippen molar-refractivity contribution in [1.82, 2.24) is 0 Å². The van der Waals surface area contributed by atoms with Crippen LogP contribution in [0, 0.1) is 0 Å². The van der Waals surface area contributed by atoms with Crippen molar-refractivity contribution in [3.05, 3.63) is 35.6 Å². The summed E-state index contributed by atoms with van der Waals surface area (Å²) in [6, 6.07) is 3.26. The summed E-state index contributed by atoms with van der Waals surface area (Å²) in [5.41, 5.74) is 7.22. The first kappa shape index (κ1) is 10.8. The molecule has 0 fully saturated rings. The van der Waals surface area contributed by atoms with Crippen molar-refractivity contribution in [1.29, 1.82) is 0 Å². The highest BCUT2D eigenvalue weighted by Crippen LogP contribution is 2.25. The number of aromatic hydroxyl groups is 1. The van der Waals surface area contributed by atoms with Crippen molar-refractivity contribution >= 4 is 0 Å². The number of halogens is 3. The summed E-state index contributed by atoms with van der Waals surface area (Å²) in [6.45, 7) is 0. The van der Waals surface area contributed by atoms with Crippen molar-refractivity contribution in [2.75, 3.05) is 0 Å². The van der Waals surface area contributed by atoms with Crippen LogP contribution < -0.4 is 0 Å². The Morgan fingerprint density at radius 2 is 1.71 bits per heavy atom. The Labute approximate surface area is 79.2 Å². The molecule has 2 N–H and O–H groups in total. The minimum atomic E-state index is -4.49. The van der Waals surface area contributed by atoms with E-state index in [2.05, 4.69) is 0 Å². The van der Waals surface area contributed by atoms with Gasteiger partial charge in [-0.3, -0.25) is 0 Å². The van der Waals surface area contributed by atoms with Gasteiger partial charge in [-0.2, -0.15) is 13.2 Å². The van der Waals surface area contributed by atoms with Crippen molar-refractivity contribution < 1.29 is 18.3 Å². The smallest absolute Gasteiger partial charge is 0.373 e. The van der Waals surface area contributed by atoms with Crippen LogP contribution in [0.4, 0.5) is 13.2 Å². The first-order valence-electron chi connectivity index (χ1n) is 3.95. The van der Waals surface area contributed by atoms with Crippen molar-refractivity contribution in [3.8, 4) is 5.75 Å². The van der Waals surface area contributed by atoms with Gasteiger partial charge in [-0.1, -0.05) is 12.1 Å². The van der Waals surface area contributed by atoms with Crippen LogP contribution in [0.5, 0.6) is 5.75 Å². The van der Waals surface area contributed by atoms with Crippen LogP contribution >= 0.6 is 0 Å². The summed E-state index contributed by atoms with van der Waals surface area (Å²) in [6.07, 6.45) is -4.87. The Morgan fingerprint density at radius 3 is 2.14 bits per heavy atom. The van der Waals surface area contributed by atoms with E-state index in [4.69, 9.17) is 10.8 Å². The molecule has 1 unspecified atom stereocenters. The average Bonchev–Trinajstić information content (AvgIpc) is 2.07. The second-order valence-electron chi connectivity index (χ2n) is 2.96. The molecule has 2 nitrogen and oxygen atoms in total. The quantitative estimate of drug-likeness (QED) is 0.790. The number of phenols is 1. The van der Waals surface area contributed by atoms with Crippen LogP contribution in [0.25, 0.3) is 5.73 Å². The average molecular weight is 204 g/mol. The van der Waals surface area contributed by atoms with Gasteiger partial charge in [-0.05, 0) is 30.2 Å². The maximum atomic E-state index is 12.0. The summed E-state index contributed by atoms with van der Waals surface area (Å²) in [4.78, 5) is 0. The molecule has 78 valence electrons. The lowest BCUT2D eigenvalue weighted by molar-refractivity contribution is -0.137. The zero-order valence-corrected chi connectivity index (χ0v) is 7.17. The van der Waals surface area contributed by atoms with Gasteiger partial charge >= 0.3 is 6.18 Å². The molecule has 0 aliphatic carbocycles. The van der Waals surface area contributed by atoms with E-state index in [0.29, 0.717) is 5.56 Å². The molecule has 0 aliphatic rings. The topological polar surface area (TPSA) is 44.0 Å². The molecule has 0 saturated carbocycles. The highest BCUT2D eigenvalue weighted by atomic mass is 19.4. The summed E-state index contributed by atoms with van der Waals surface area (Å²) < 4.78 is 35.9. The van der Waals surface area contributed by atoms with Gasteiger partial charge in [0, 0.05) is 0 Å². The molecule has 0 amide bonds. The Bertz CT molecular complexity index is 294. The molecule has 0 aromatic heterocycles. The second kappa shape index (κ2) is 3.88. The van der Waals surface area contributed by atoms with Crippen molar-refractivity contribution in [2.24, 2.45) is 0 Å². The minimum absolute atomic E-state index is 0.00212. The molecule has 1 rings (SSSR count). The van der Waals surface area contributed by atoms with Gasteiger partial charge in [-0.25, -0.2) is 0 Å². The second-order valence-corrected chi connectivity index (χ2v) is 2.96. The van der Waals surface area contributed by atoms with Gasteiger partial charge < -0.3 is 10.8 Å². The Kier molecular flexibility index (Phi) is 3.00. The number of nitrogens with one attached hydrogen (secondary N) is 1. The van der Waals surface area contributed by atoms with E-state index in [0.717, 1.165) is 0 Å². The maximum Gasteiger partial charge on any atom is 0.373 e. The Hall–Kier alpha value is -1.23. The monoisotopic (exact) mass is 204 g/mol. The van der Waals surface area contributed by atoms with E-state index < -0.39 is 12.2 Å². The number of hydrogen-bond donors (Lipinski definition) is 1. The van der Waals surface area contributed by atoms with Crippen LogP contribution in [0.15, 0.2) is 24.3 Å². The van der Waals surface area contributed by atoms with E-state index in [-0.39, 0.29) is 12.2 Å². The summed E-state index contributed by atoms with van der Waals surface area (Å²) >= 11 is 0. The van der Waals surface area contributed by atoms with Gasteiger partial charge in [0.2, 0.25) is 0 Å². The SMILES string of the molecule is [NH-]C(Cc1ccc(O)cc1)C(F)(F)F. The van der Waals surface area contributed by atoms with Crippen LogP contribution in [-0.2, 0) is 6.42 Å². The fourth-order valence-electron chi connectivity index (χ4n) is 0.983. The minimum Gasteiger partial charge on any atom is -0.667 e. The van der Waals surface area contributed by atoms with Gasteiger partial charge in [0.05, 0.1) is 0 Å². The molecule has 0 bridgehead atoms. The van der Waals surface area contributed by atoms with Crippen LogP contribution in [0.3, 0.4) is 0 Å². The number of phenolic OH excluding ortho intramolecular Hbond substituents is 1. The van der Waals surface area contributed by atoms with Crippen LogP contribution in [0.1, 0.15) is 5.56 Å². The molecule has 1 aromatic carbocycles. The normalized spacial score (nSPS) is 14.0. The molecular formula is C9H9F3NO-. The first-order valence-corrected chi connectivity index (χ1v) is 3.95. The van der Waals surface area contributed by atoms with Gasteiger partial charge in [-0.15, -0.1) is 0 Å². The number of rotatable bonds is 2. The standard InChI is InChI=1S/C9H9F3NO/c10-9(11,12)8(13)5-6-1-3-7(14)4-2-6/h1-4,8,13-14H,5H2/q-1. The Balaban J connectivity index is 2.65. The van der Waals surface area contributed by atoms with Crippen LogP contribution in [-0.4, -0.2) is 17.3 Å². The molecule has 0 heterocycles. The van der Waals surface area contributed by atoms with Gasteiger partial charge in [0.15, 0.2) is 0 Å². The lowest BCUT2D eigenvalue weighted by Gasteiger charge is -2.23. The molecule has 0 saturated heterocycles. The largest absolute Gasteiger partial charge is 0.667 e. The molecule has 1 aromatic rings. The Morgan fingerprint density at radius 1 is 1.21 bits per heavy atom. The van der Waals surface area contributed by atoms with Crippen molar-refractivity contribution in [2.45, 2.75) is 18.6 Å². The summed E-state index contributed by atoms with van der Waals surface area (Å²) in [5, 5.41) is 8.88. The van der Waals surface area contributed by atoms with E-state index >= 15 is 0 Å². The molecule has 0 radical (unpaired) electrons. The highest BCUT2D eigenvalue weighted by Gasteiger charge is 2.30. The third kappa shape index (κ3) is 2.92. The fraction of sp³-hybridized carbons (Fsp3) is 0.333. The van der Waals surface area contributed by atoms with E-state index in [1.807, 2.05) is 0 Å². The van der Waals surface area contributed by atoms with Gasteiger partial charge in [0.1, 0.15) is 5.75 Å². The van der Waals surface area contributed by atoms with E-state index in [1.165, 1.54) is 24.3 Å². The molecule has 14 heavy (non-hydrogen) atoms.